The van der Waals surface area contributed by atoms with E-state index in [2.05, 4.69) is 16.9 Å². The van der Waals surface area contributed by atoms with Gasteiger partial charge in [-0.2, -0.15) is 0 Å². The van der Waals surface area contributed by atoms with Gasteiger partial charge in [0.25, 0.3) is 0 Å². The van der Waals surface area contributed by atoms with Crippen molar-refractivity contribution >= 4 is 23.6 Å². The number of nitrogens with zero attached hydrogens (tertiary/aromatic N) is 4. The van der Waals surface area contributed by atoms with Crippen molar-refractivity contribution in [2.75, 3.05) is 52.1 Å². The molecule has 0 N–H and O–H groups in total. The molecule has 2 amide bonds. The van der Waals surface area contributed by atoms with E-state index in [9.17, 15) is 9.59 Å². The fraction of sp³-hybridized carbons (Fsp3) is 0.650. The number of carbonyl (C=O) groups is 2. The van der Waals surface area contributed by atoms with E-state index in [0.717, 1.165) is 63.4 Å². The van der Waals surface area contributed by atoms with E-state index in [1.54, 1.807) is 24.2 Å². The molecule has 0 bridgehead atoms. The van der Waals surface area contributed by atoms with Crippen molar-refractivity contribution in [3.8, 4) is 0 Å². The summed E-state index contributed by atoms with van der Waals surface area (Å²) < 4.78 is 0. The van der Waals surface area contributed by atoms with Crippen LogP contribution in [0.5, 0.6) is 0 Å². The molecule has 0 spiro atoms. The van der Waals surface area contributed by atoms with Crippen LogP contribution in [0, 0.1) is 5.92 Å². The van der Waals surface area contributed by atoms with Crippen LogP contribution in [-0.4, -0.2) is 83.6 Å². The van der Waals surface area contributed by atoms with Crippen LogP contribution in [0.3, 0.4) is 0 Å². The van der Waals surface area contributed by atoms with Crippen LogP contribution >= 0.6 is 11.8 Å². The molecule has 148 valence electrons. The standard InChI is InChI=1S/C20H30N4O2S/c1-22-11-13-23(14-12-22)19(25)5-4-17-3-2-10-24(15-17)20(26)16-27-18-6-8-21-9-7-18/h6-9,17H,2-5,10-16H2,1H3. The second-order valence-electron chi connectivity index (χ2n) is 7.54. The summed E-state index contributed by atoms with van der Waals surface area (Å²) in [5.41, 5.74) is 0. The third-order valence-corrected chi connectivity index (χ3v) is 6.50. The Kier molecular flexibility index (Phi) is 7.52. The minimum absolute atomic E-state index is 0.201. The molecule has 3 rings (SSSR count). The summed E-state index contributed by atoms with van der Waals surface area (Å²) in [4.78, 5) is 36.3. The number of thioether (sulfide) groups is 1. The van der Waals surface area contributed by atoms with E-state index in [-0.39, 0.29) is 11.8 Å². The Morgan fingerprint density at radius 1 is 1.07 bits per heavy atom. The van der Waals surface area contributed by atoms with Crippen LogP contribution in [0.4, 0.5) is 0 Å². The fourth-order valence-electron chi connectivity index (χ4n) is 3.74. The molecule has 0 saturated carbocycles. The van der Waals surface area contributed by atoms with E-state index in [4.69, 9.17) is 0 Å². The lowest BCUT2D eigenvalue weighted by Crippen LogP contribution is -2.47. The predicted molar refractivity (Wildman–Crippen MR) is 108 cm³/mol. The maximum atomic E-state index is 12.5. The van der Waals surface area contributed by atoms with E-state index in [1.807, 2.05) is 21.9 Å². The zero-order valence-electron chi connectivity index (χ0n) is 16.2. The molecule has 0 radical (unpaired) electrons. The molecule has 6 nitrogen and oxygen atoms in total. The Hall–Kier alpha value is -1.60. The number of amides is 2. The fourth-order valence-corrected chi connectivity index (χ4v) is 4.53. The van der Waals surface area contributed by atoms with Crippen LogP contribution < -0.4 is 0 Å². The van der Waals surface area contributed by atoms with Gasteiger partial charge in [-0.1, -0.05) is 0 Å². The van der Waals surface area contributed by atoms with E-state index in [1.165, 1.54) is 0 Å². The van der Waals surface area contributed by atoms with Gasteiger partial charge in [0.05, 0.1) is 5.75 Å². The quantitative estimate of drug-likeness (QED) is 0.695. The highest BCUT2D eigenvalue weighted by atomic mass is 32.2. The first-order chi connectivity index (χ1) is 13.1. The minimum Gasteiger partial charge on any atom is -0.342 e. The SMILES string of the molecule is CN1CCN(C(=O)CCC2CCCN(C(=O)CSc3ccncc3)C2)CC1. The van der Waals surface area contributed by atoms with Gasteiger partial charge in [0.15, 0.2) is 0 Å². The molecule has 1 aromatic heterocycles. The molecule has 1 atom stereocenters. The highest BCUT2D eigenvalue weighted by Gasteiger charge is 2.25. The van der Waals surface area contributed by atoms with E-state index < -0.39 is 0 Å². The van der Waals surface area contributed by atoms with Crippen molar-refractivity contribution in [3.63, 3.8) is 0 Å². The molecule has 2 saturated heterocycles. The predicted octanol–water partition coefficient (Wildman–Crippen LogP) is 1.97. The van der Waals surface area contributed by atoms with Crippen LogP contribution in [-0.2, 0) is 9.59 Å². The van der Waals surface area contributed by atoms with Gasteiger partial charge < -0.3 is 14.7 Å². The van der Waals surface area contributed by atoms with Crippen molar-refractivity contribution in [2.24, 2.45) is 5.92 Å². The molecule has 1 unspecified atom stereocenters. The summed E-state index contributed by atoms with van der Waals surface area (Å²) in [5.74, 6) is 1.40. The molecule has 0 aliphatic carbocycles. The maximum absolute atomic E-state index is 12.5. The Bertz CT molecular complexity index is 620. The normalized spacial score (nSPS) is 21.3. The second-order valence-corrected chi connectivity index (χ2v) is 8.59. The third kappa shape index (κ3) is 6.21. The van der Waals surface area contributed by atoms with Crippen molar-refractivity contribution in [3.05, 3.63) is 24.5 Å². The number of hydrogen-bond acceptors (Lipinski definition) is 5. The van der Waals surface area contributed by atoms with Crippen LogP contribution in [0.25, 0.3) is 0 Å². The van der Waals surface area contributed by atoms with Gasteiger partial charge in [0.2, 0.25) is 11.8 Å². The average Bonchev–Trinajstić information content (AvgIpc) is 2.71. The van der Waals surface area contributed by atoms with Crippen molar-refractivity contribution in [1.82, 2.24) is 19.7 Å². The first kappa shape index (κ1) is 20.1. The van der Waals surface area contributed by atoms with Crippen LogP contribution in [0.15, 0.2) is 29.4 Å². The Morgan fingerprint density at radius 3 is 2.56 bits per heavy atom. The molecule has 1 aromatic rings. The molecule has 7 heteroatoms. The first-order valence-electron chi connectivity index (χ1n) is 9.89. The van der Waals surface area contributed by atoms with Crippen molar-refractivity contribution < 1.29 is 9.59 Å². The number of likely N-dealkylation sites (tertiary alicyclic amines) is 1. The number of piperidine rings is 1. The Morgan fingerprint density at radius 2 is 1.81 bits per heavy atom. The van der Waals surface area contributed by atoms with Gasteiger partial charge in [-0.05, 0) is 44.4 Å². The van der Waals surface area contributed by atoms with E-state index >= 15 is 0 Å². The number of hydrogen-bond donors (Lipinski definition) is 0. The summed E-state index contributed by atoms with van der Waals surface area (Å²) in [5, 5.41) is 0. The van der Waals surface area contributed by atoms with Crippen LogP contribution in [0.1, 0.15) is 25.7 Å². The number of rotatable bonds is 6. The number of likely N-dealkylation sites (N-methyl/N-ethyl adjacent to an activating group) is 1. The average molecular weight is 391 g/mol. The van der Waals surface area contributed by atoms with Gasteiger partial charge in [0.1, 0.15) is 0 Å². The lowest BCUT2D eigenvalue weighted by molar-refractivity contribution is -0.133. The van der Waals surface area contributed by atoms with Gasteiger partial charge in [0, 0.05) is 63.0 Å². The zero-order valence-corrected chi connectivity index (χ0v) is 17.0. The summed E-state index contributed by atoms with van der Waals surface area (Å²) in [7, 11) is 2.10. The van der Waals surface area contributed by atoms with Gasteiger partial charge >= 0.3 is 0 Å². The summed E-state index contributed by atoms with van der Waals surface area (Å²) in [6.45, 7) is 5.26. The van der Waals surface area contributed by atoms with Gasteiger partial charge in [-0.3, -0.25) is 14.6 Å². The number of pyridine rings is 1. The molecular formula is C20H30N4O2S. The van der Waals surface area contributed by atoms with Gasteiger partial charge in [-0.25, -0.2) is 0 Å². The first-order valence-corrected chi connectivity index (χ1v) is 10.9. The summed E-state index contributed by atoms with van der Waals surface area (Å²) in [6, 6.07) is 3.86. The molecule has 27 heavy (non-hydrogen) atoms. The Labute approximate surface area is 166 Å². The number of aromatic nitrogens is 1. The van der Waals surface area contributed by atoms with E-state index in [0.29, 0.717) is 18.1 Å². The smallest absolute Gasteiger partial charge is 0.232 e. The summed E-state index contributed by atoms with van der Waals surface area (Å²) >= 11 is 1.56. The minimum atomic E-state index is 0.201. The molecule has 2 aliphatic heterocycles. The number of carbonyl (C=O) groups excluding carboxylic acids is 2. The van der Waals surface area contributed by atoms with Crippen molar-refractivity contribution in [2.45, 2.75) is 30.6 Å². The van der Waals surface area contributed by atoms with Gasteiger partial charge in [-0.15, -0.1) is 11.8 Å². The molecule has 0 aromatic carbocycles. The van der Waals surface area contributed by atoms with Crippen LogP contribution in [0.2, 0.25) is 0 Å². The molecule has 3 heterocycles. The summed E-state index contributed by atoms with van der Waals surface area (Å²) in [6.07, 6.45) is 7.17. The Balaban J connectivity index is 1.39. The molecule has 2 fully saturated rings. The second kappa shape index (κ2) is 10.1. The topological polar surface area (TPSA) is 56.8 Å². The zero-order chi connectivity index (χ0) is 19.1. The third-order valence-electron chi connectivity index (χ3n) is 5.51. The lowest BCUT2D eigenvalue weighted by atomic mass is 9.93. The highest BCUT2D eigenvalue weighted by molar-refractivity contribution is 8.00. The monoisotopic (exact) mass is 390 g/mol. The molecule has 2 aliphatic rings. The highest BCUT2D eigenvalue weighted by Crippen LogP contribution is 2.23. The largest absolute Gasteiger partial charge is 0.342 e. The molecular weight excluding hydrogens is 360 g/mol. The maximum Gasteiger partial charge on any atom is 0.232 e. The van der Waals surface area contributed by atoms with Crippen molar-refractivity contribution in [1.29, 1.82) is 0 Å². The lowest BCUT2D eigenvalue weighted by Gasteiger charge is -2.34. The number of piperazine rings is 1.